The molecule has 0 aromatic heterocycles. The highest BCUT2D eigenvalue weighted by Gasteiger charge is 2.34. The highest BCUT2D eigenvalue weighted by Crippen LogP contribution is 2.31. The van der Waals surface area contributed by atoms with Gasteiger partial charge >= 0.3 is 0 Å². The number of hydrogen-bond donors (Lipinski definition) is 1. The Kier molecular flexibility index (Phi) is 4.10. The van der Waals surface area contributed by atoms with Crippen molar-refractivity contribution in [3.63, 3.8) is 0 Å². The van der Waals surface area contributed by atoms with E-state index in [0.29, 0.717) is 17.9 Å². The lowest BCUT2D eigenvalue weighted by Gasteiger charge is -2.44. The molecule has 2 fully saturated rings. The van der Waals surface area contributed by atoms with Crippen LogP contribution in [0.1, 0.15) is 31.2 Å². The average Bonchev–Trinajstić information content (AvgIpc) is 2.43. The maximum Gasteiger partial charge on any atom is 0.115 e. The summed E-state index contributed by atoms with van der Waals surface area (Å²) in [6.45, 7) is 2.71. The van der Waals surface area contributed by atoms with Gasteiger partial charge in [-0.2, -0.15) is 0 Å². The van der Waals surface area contributed by atoms with E-state index >= 15 is 0 Å². The molecule has 3 nitrogen and oxygen atoms in total. The molecule has 4 heteroatoms. The van der Waals surface area contributed by atoms with Crippen molar-refractivity contribution in [2.75, 3.05) is 13.2 Å². The van der Waals surface area contributed by atoms with Gasteiger partial charge in [0.05, 0.1) is 12.7 Å². The molecule has 3 rings (SSSR count). The van der Waals surface area contributed by atoms with E-state index < -0.39 is 0 Å². The number of morpholine rings is 1. The lowest BCUT2D eigenvalue weighted by Crippen LogP contribution is -2.52. The van der Waals surface area contributed by atoms with E-state index in [1.54, 1.807) is 6.07 Å². The molecule has 1 saturated carbocycles. The highest BCUT2D eigenvalue weighted by molar-refractivity contribution is 9.10. The maximum atomic E-state index is 9.64. The van der Waals surface area contributed by atoms with Crippen LogP contribution in [0.2, 0.25) is 0 Å². The molecule has 1 heterocycles. The zero-order valence-electron chi connectivity index (χ0n) is 11.0. The molecule has 1 aromatic carbocycles. The van der Waals surface area contributed by atoms with Crippen molar-refractivity contribution in [2.45, 2.75) is 44.4 Å². The minimum Gasteiger partial charge on any atom is -0.508 e. The van der Waals surface area contributed by atoms with Crippen LogP contribution in [0.25, 0.3) is 0 Å². The smallest absolute Gasteiger partial charge is 0.115 e. The van der Waals surface area contributed by atoms with Crippen LogP contribution in [-0.2, 0) is 11.3 Å². The largest absolute Gasteiger partial charge is 0.508 e. The lowest BCUT2D eigenvalue weighted by atomic mass is 9.90. The first-order valence-corrected chi connectivity index (χ1v) is 7.86. The molecular formula is C15H20BrNO2. The van der Waals surface area contributed by atoms with Crippen molar-refractivity contribution in [3.05, 3.63) is 28.2 Å². The Bertz CT molecular complexity index is 450. The third-order valence-electron chi connectivity index (χ3n) is 4.25. The molecule has 0 spiro atoms. The van der Waals surface area contributed by atoms with E-state index in [4.69, 9.17) is 4.74 Å². The first-order valence-electron chi connectivity index (χ1n) is 7.07. The fourth-order valence-electron chi connectivity index (χ4n) is 3.27. The van der Waals surface area contributed by atoms with Gasteiger partial charge in [-0.1, -0.05) is 28.8 Å². The van der Waals surface area contributed by atoms with Gasteiger partial charge in [0, 0.05) is 23.6 Å². The Morgan fingerprint density at radius 2 is 2.16 bits per heavy atom. The van der Waals surface area contributed by atoms with Gasteiger partial charge in [-0.25, -0.2) is 0 Å². The van der Waals surface area contributed by atoms with Gasteiger partial charge in [0.1, 0.15) is 5.75 Å². The Labute approximate surface area is 122 Å². The maximum absolute atomic E-state index is 9.64. The van der Waals surface area contributed by atoms with Crippen LogP contribution in [0, 0.1) is 0 Å². The molecule has 1 saturated heterocycles. The van der Waals surface area contributed by atoms with Crippen molar-refractivity contribution in [3.8, 4) is 5.75 Å². The van der Waals surface area contributed by atoms with Crippen molar-refractivity contribution in [2.24, 2.45) is 0 Å². The number of benzene rings is 1. The Balaban J connectivity index is 1.75. The van der Waals surface area contributed by atoms with Crippen LogP contribution in [0.5, 0.6) is 5.75 Å². The van der Waals surface area contributed by atoms with Gasteiger partial charge in [0.15, 0.2) is 0 Å². The summed E-state index contributed by atoms with van der Waals surface area (Å²) < 4.78 is 6.97. The van der Waals surface area contributed by atoms with E-state index in [1.165, 1.54) is 25.7 Å². The Morgan fingerprint density at radius 1 is 1.32 bits per heavy atom. The summed E-state index contributed by atoms with van der Waals surface area (Å²) in [6.07, 6.45) is 5.45. The zero-order valence-corrected chi connectivity index (χ0v) is 12.6. The normalized spacial score (nSPS) is 28.1. The zero-order chi connectivity index (χ0) is 13.2. The molecule has 0 bridgehead atoms. The predicted molar refractivity (Wildman–Crippen MR) is 78.2 cm³/mol. The van der Waals surface area contributed by atoms with Gasteiger partial charge in [0.2, 0.25) is 0 Å². The number of hydrogen-bond acceptors (Lipinski definition) is 3. The quantitative estimate of drug-likeness (QED) is 0.905. The van der Waals surface area contributed by atoms with Gasteiger partial charge in [-0.3, -0.25) is 4.90 Å². The first kappa shape index (κ1) is 13.4. The van der Waals surface area contributed by atoms with Crippen molar-refractivity contribution in [1.29, 1.82) is 0 Å². The number of rotatable bonds is 2. The molecule has 2 aliphatic rings. The van der Waals surface area contributed by atoms with E-state index in [0.717, 1.165) is 29.7 Å². The number of phenolic OH excluding ortho intramolecular Hbond substituents is 1. The number of fused-ring (bicyclic) bond motifs is 1. The fourth-order valence-corrected chi connectivity index (χ4v) is 3.65. The standard InChI is InChI=1S/C15H20BrNO2/c16-13-6-5-12(18)9-11(13)10-17-7-8-19-15-4-2-1-3-14(15)17/h5-6,9,14-15,18H,1-4,7-8,10H2. The Morgan fingerprint density at radius 3 is 3.05 bits per heavy atom. The summed E-state index contributed by atoms with van der Waals surface area (Å²) >= 11 is 3.58. The SMILES string of the molecule is Oc1ccc(Br)c(CN2CCOC3CCCCC32)c1. The van der Waals surface area contributed by atoms with Gasteiger partial charge < -0.3 is 9.84 Å². The third-order valence-corrected chi connectivity index (χ3v) is 5.02. The monoisotopic (exact) mass is 325 g/mol. The first-order chi connectivity index (χ1) is 9.24. The second-order valence-corrected chi connectivity index (χ2v) is 6.36. The van der Waals surface area contributed by atoms with Crippen molar-refractivity contribution >= 4 is 15.9 Å². The predicted octanol–water partition coefficient (Wildman–Crippen LogP) is 3.30. The average molecular weight is 326 g/mol. The van der Waals surface area contributed by atoms with Crippen LogP contribution in [0.4, 0.5) is 0 Å². The van der Waals surface area contributed by atoms with E-state index in [1.807, 2.05) is 12.1 Å². The summed E-state index contributed by atoms with van der Waals surface area (Å²) in [5.74, 6) is 0.339. The number of ether oxygens (including phenoxy) is 1. The molecule has 1 aromatic rings. The summed E-state index contributed by atoms with van der Waals surface area (Å²) in [5, 5.41) is 9.64. The van der Waals surface area contributed by atoms with Crippen LogP contribution in [0.15, 0.2) is 22.7 Å². The number of aromatic hydroxyl groups is 1. The van der Waals surface area contributed by atoms with Gasteiger partial charge in [0.25, 0.3) is 0 Å². The second kappa shape index (κ2) is 5.81. The highest BCUT2D eigenvalue weighted by atomic mass is 79.9. The fraction of sp³-hybridized carbons (Fsp3) is 0.600. The van der Waals surface area contributed by atoms with E-state index in [9.17, 15) is 5.11 Å². The molecule has 1 aliphatic heterocycles. The summed E-state index contributed by atoms with van der Waals surface area (Å²) in [7, 11) is 0. The van der Waals surface area contributed by atoms with Crippen LogP contribution < -0.4 is 0 Å². The number of nitrogens with zero attached hydrogens (tertiary/aromatic N) is 1. The summed E-state index contributed by atoms with van der Waals surface area (Å²) in [6, 6.07) is 6.05. The minimum atomic E-state index is 0.339. The third kappa shape index (κ3) is 2.96. The number of phenols is 1. The van der Waals surface area contributed by atoms with E-state index in [2.05, 4.69) is 20.8 Å². The molecule has 1 aliphatic carbocycles. The minimum absolute atomic E-state index is 0.339. The summed E-state index contributed by atoms with van der Waals surface area (Å²) in [4.78, 5) is 2.52. The molecule has 1 N–H and O–H groups in total. The number of halogens is 1. The molecule has 0 radical (unpaired) electrons. The van der Waals surface area contributed by atoms with Gasteiger partial charge in [-0.15, -0.1) is 0 Å². The molecule has 2 unspecified atom stereocenters. The second-order valence-electron chi connectivity index (χ2n) is 5.51. The van der Waals surface area contributed by atoms with Crippen molar-refractivity contribution in [1.82, 2.24) is 4.90 Å². The van der Waals surface area contributed by atoms with Gasteiger partial charge in [-0.05, 0) is 36.6 Å². The van der Waals surface area contributed by atoms with E-state index in [-0.39, 0.29) is 0 Å². The molecule has 104 valence electrons. The Hall–Kier alpha value is -0.580. The summed E-state index contributed by atoms with van der Waals surface area (Å²) in [5.41, 5.74) is 1.16. The molecule has 2 atom stereocenters. The molecule has 0 amide bonds. The topological polar surface area (TPSA) is 32.7 Å². The molecular weight excluding hydrogens is 306 g/mol. The van der Waals surface area contributed by atoms with Crippen molar-refractivity contribution < 1.29 is 9.84 Å². The lowest BCUT2D eigenvalue weighted by molar-refractivity contribution is -0.0911. The molecule has 19 heavy (non-hydrogen) atoms. The van der Waals surface area contributed by atoms with Crippen LogP contribution in [0.3, 0.4) is 0 Å². The van der Waals surface area contributed by atoms with Crippen LogP contribution in [-0.4, -0.2) is 35.3 Å². The van der Waals surface area contributed by atoms with Crippen LogP contribution >= 0.6 is 15.9 Å².